The number of rotatable bonds is 8. The highest BCUT2D eigenvalue weighted by atomic mass is 35.5. The van der Waals surface area contributed by atoms with Gasteiger partial charge in [-0.25, -0.2) is 8.42 Å². The van der Waals surface area contributed by atoms with Crippen LogP contribution < -0.4 is 5.32 Å². The fourth-order valence-electron chi connectivity index (χ4n) is 3.82. The molecule has 35 heavy (non-hydrogen) atoms. The van der Waals surface area contributed by atoms with Crippen LogP contribution in [0.2, 0.25) is 5.02 Å². The Balaban J connectivity index is 1.28. The number of amides is 2. The number of piperazine rings is 1. The summed E-state index contributed by atoms with van der Waals surface area (Å²) in [5.74, 6) is -0.215. The number of carbonyl (C=O) groups is 2. The van der Waals surface area contributed by atoms with E-state index in [1.165, 1.54) is 4.31 Å². The van der Waals surface area contributed by atoms with Crippen LogP contribution in [0.4, 0.5) is 0 Å². The molecule has 1 fully saturated rings. The number of benzene rings is 2. The first-order chi connectivity index (χ1) is 16.8. The van der Waals surface area contributed by atoms with Crippen LogP contribution in [0.3, 0.4) is 0 Å². The number of hydrogen-bond acceptors (Lipinski definition) is 5. The Hall–Kier alpha value is -2.72. The van der Waals surface area contributed by atoms with Gasteiger partial charge < -0.3 is 10.2 Å². The van der Waals surface area contributed by atoms with Gasteiger partial charge >= 0.3 is 0 Å². The molecule has 0 unspecified atom stereocenters. The summed E-state index contributed by atoms with van der Waals surface area (Å²) in [4.78, 5) is 27.3. The van der Waals surface area contributed by atoms with Gasteiger partial charge in [0.1, 0.15) is 4.21 Å². The molecule has 0 saturated carbocycles. The average Bonchev–Trinajstić information content (AvgIpc) is 3.37. The van der Waals surface area contributed by atoms with Crippen molar-refractivity contribution in [3.05, 3.63) is 87.8 Å². The van der Waals surface area contributed by atoms with E-state index in [9.17, 15) is 18.0 Å². The molecule has 2 heterocycles. The number of aryl methyl sites for hydroxylation is 1. The molecule has 10 heteroatoms. The standard InChI is InChI=1S/C25H26ClN3O4S2/c26-21-9-7-20(8-10-21)25(31)27-18-22-11-13-24(34-22)35(32,33)29-16-14-28(15-17-29)23(30)12-6-19-4-2-1-3-5-19/h1-5,7-11,13H,6,12,14-18H2,(H,27,31). The number of nitrogens with zero attached hydrogens (tertiary/aromatic N) is 2. The van der Waals surface area contributed by atoms with Gasteiger partial charge in [0.15, 0.2) is 0 Å². The van der Waals surface area contributed by atoms with E-state index in [-0.39, 0.29) is 35.7 Å². The third-order valence-electron chi connectivity index (χ3n) is 5.82. The molecule has 3 aromatic rings. The van der Waals surface area contributed by atoms with E-state index in [2.05, 4.69) is 5.32 Å². The molecule has 0 spiro atoms. The first kappa shape index (κ1) is 25.4. The second kappa shape index (κ2) is 11.3. The molecule has 4 rings (SSSR count). The summed E-state index contributed by atoms with van der Waals surface area (Å²) in [6.45, 7) is 1.51. The Bertz CT molecular complexity index is 1270. The molecule has 0 radical (unpaired) electrons. The number of nitrogens with one attached hydrogen (secondary N) is 1. The van der Waals surface area contributed by atoms with E-state index in [4.69, 9.17) is 11.6 Å². The van der Waals surface area contributed by atoms with Crippen LogP contribution in [0.15, 0.2) is 70.9 Å². The fourth-order valence-corrected chi connectivity index (χ4v) is 6.82. The Kier molecular flexibility index (Phi) is 8.22. The Morgan fingerprint density at radius 2 is 1.60 bits per heavy atom. The van der Waals surface area contributed by atoms with Crippen LogP contribution in [0.5, 0.6) is 0 Å². The smallest absolute Gasteiger partial charge is 0.252 e. The highest BCUT2D eigenvalue weighted by molar-refractivity contribution is 7.91. The Morgan fingerprint density at radius 3 is 2.29 bits per heavy atom. The van der Waals surface area contributed by atoms with Crippen molar-refractivity contribution in [1.29, 1.82) is 0 Å². The van der Waals surface area contributed by atoms with Gasteiger partial charge in [-0.15, -0.1) is 11.3 Å². The summed E-state index contributed by atoms with van der Waals surface area (Å²) in [7, 11) is -3.65. The maximum Gasteiger partial charge on any atom is 0.252 e. The fraction of sp³-hybridized carbons (Fsp3) is 0.280. The molecule has 0 atom stereocenters. The van der Waals surface area contributed by atoms with Gasteiger partial charge in [0.2, 0.25) is 5.91 Å². The quantitative estimate of drug-likeness (QED) is 0.479. The van der Waals surface area contributed by atoms with Crippen molar-refractivity contribution in [2.24, 2.45) is 0 Å². The molecule has 1 aliphatic rings. The molecule has 0 bridgehead atoms. The normalized spacial score (nSPS) is 14.6. The van der Waals surface area contributed by atoms with E-state index in [1.54, 1.807) is 41.3 Å². The molecule has 7 nitrogen and oxygen atoms in total. The van der Waals surface area contributed by atoms with Crippen molar-refractivity contribution in [1.82, 2.24) is 14.5 Å². The Morgan fingerprint density at radius 1 is 0.914 bits per heavy atom. The maximum atomic E-state index is 13.1. The molecule has 1 N–H and O–H groups in total. The van der Waals surface area contributed by atoms with Crippen LogP contribution in [0.25, 0.3) is 0 Å². The van der Waals surface area contributed by atoms with Crippen molar-refractivity contribution in [2.45, 2.75) is 23.6 Å². The lowest BCUT2D eigenvalue weighted by Crippen LogP contribution is -2.50. The van der Waals surface area contributed by atoms with Gasteiger partial charge in [0.05, 0.1) is 6.54 Å². The van der Waals surface area contributed by atoms with Crippen molar-refractivity contribution in [3.63, 3.8) is 0 Å². The van der Waals surface area contributed by atoms with Crippen LogP contribution in [0.1, 0.15) is 27.2 Å². The van der Waals surface area contributed by atoms with E-state index >= 15 is 0 Å². The molecule has 2 aromatic carbocycles. The van der Waals surface area contributed by atoms with E-state index in [0.29, 0.717) is 36.5 Å². The minimum atomic E-state index is -3.65. The number of carbonyl (C=O) groups excluding carboxylic acids is 2. The van der Waals surface area contributed by atoms with Gasteiger partial charge in [-0.2, -0.15) is 4.31 Å². The molecule has 1 saturated heterocycles. The topological polar surface area (TPSA) is 86.8 Å². The second-order valence-corrected chi connectivity index (χ2v) is 12.0. The summed E-state index contributed by atoms with van der Waals surface area (Å²) in [6.07, 6.45) is 1.08. The van der Waals surface area contributed by atoms with Gasteiger partial charge in [0, 0.05) is 48.1 Å². The lowest BCUT2D eigenvalue weighted by Gasteiger charge is -2.33. The summed E-state index contributed by atoms with van der Waals surface area (Å²) in [5, 5.41) is 3.35. The molecule has 0 aliphatic carbocycles. The van der Waals surface area contributed by atoms with Gasteiger partial charge in [-0.05, 0) is 48.4 Å². The maximum absolute atomic E-state index is 13.1. The summed E-state index contributed by atoms with van der Waals surface area (Å²) in [6, 6.07) is 19.7. The SMILES string of the molecule is O=C(NCc1ccc(S(=O)(=O)N2CCN(C(=O)CCc3ccccc3)CC2)s1)c1ccc(Cl)cc1. The summed E-state index contributed by atoms with van der Waals surface area (Å²) >= 11 is 6.99. The average molecular weight is 532 g/mol. The third kappa shape index (κ3) is 6.49. The van der Waals surface area contributed by atoms with Crippen LogP contribution in [0, 0.1) is 0 Å². The number of hydrogen-bond donors (Lipinski definition) is 1. The summed E-state index contributed by atoms with van der Waals surface area (Å²) < 4.78 is 27.9. The van der Waals surface area contributed by atoms with Crippen LogP contribution in [-0.2, 0) is 27.8 Å². The van der Waals surface area contributed by atoms with Crippen molar-refractivity contribution >= 4 is 44.8 Å². The molecule has 184 valence electrons. The van der Waals surface area contributed by atoms with Gasteiger partial charge in [-0.1, -0.05) is 41.9 Å². The minimum Gasteiger partial charge on any atom is -0.347 e. The highest BCUT2D eigenvalue weighted by Crippen LogP contribution is 2.26. The number of thiophene rings is 1. The van der Waals surface area contributed by atoms with Crippen molar-refractivity contribution in [3.8, 4) is 0 Å². The molecular formula is C25H26ClN3O4S2. The van der Waals surface area contributed by atoms with E-state index in [0.717, 1.165) is 21.8 Å². The second-order valence-electron chi connectivity index (χ2n) is 8.18. The monoisotopic (exact) mass is 531 g/mol. The zero-order chi connectivity index (χ0) is 24.8. The molecule has 2 amide bonds. The lowest BCUT2D eigenvalue weighted by atomic mass is 10.1. The number of sulfonamides is 1. The molecular weight excluding hydrogens is 506 g/mol. The van der Waals surface area contributed by atoms with Crippen molar-refractivity contribution < 1.29 is 18.0 Å². The van der Waals surface area contributed by atoms with Crippen LogP contribution >= 0.6 is 22.9 Å². The first-order valence-electron chi connectivity index (χ1n) is 11.3. The van der Waals surface area contributed by atoms with E-state index < -0.39 is 10.0 Å². The highest BCUT2D eigenvalue weighted by Gasteiger charge is 2.31. The summed E-state index contributed by atoms with van der Waals surface area (Å²) in [5.41, 5.74) is 1.59. The lowest BCUT2D eigenvalue weighted by molar-refractivity contribution is -0.132. The van der Waals surface area contributed by atoms with Gasteiger partial charge in [-0.3, -0.25) is 9.59 Å². The Labute approximate surface area is 214 Å². The minimum absolute atomic E-state index is 0.0424. The number of halogens is 1. The molecule has 1 aromatic heterocycles. The van der Waals surface area contributed by atoms with Crippen LogP contribution in [-0.4, -0.2) is 55.6 Å². The third-order valence-corrected chi connectivity index (χ3v) is 9.53. The molecule has 1 aliphatic heterocycles. The van der Waals surface area contributed by atoms with Gasteiger partial charge in [0.25, 0.3) is 15.9 Å². The zero-order valence-electron chi connectivity index (χ0n) is 19.0. The first-order valence-corrected chi connectivity index (χ1v) is 13.9. The largest absolute Gasteiger partial charge is 0.347 e. The predicted molar refractivity (Wildman–Crippen MR) is 137 cm³/mol. The van der Waals surface area contributed by atoms with E-state index in [1.807, 2.05) is 30.3 Å². The predicted octanol–water partition coefficient (Wildman–Crippen LogP) is 3.80. The van der Waals surface area contributed by atoms with Crippen molar-refractivity contribution in [2.75, 3.05) is 26.2 Å². The zero-order valence-corrected chi connectivity index (χ0v) is 21.4.